The number of nitrogens with zero attached hydrogens (tertiary/aromatic N) is 2. The maximum Gasteiger partial charge on any atom is 0.307 e. The molecule has 68 valence electrons. The van der Waals surface area contributed by atoms with Crippen LogP contribution in [-0.2, 0) is 17.6 Å². The molecule has 0 spiro atoms. The molecule has 1 heterocycles. The van der Waals surface area contributed by atoms with Crippen molar-refractivity contribution in [3.63, 3.8) is 0 Å². The lowest BCUT2D eigenvalue weighted by atomic mass is 10.1. The second kappa shape index (κ2) is 2.80. The molecule has 0 bridgehead atoms. The number of aryl methyl sites for hydroxylation is 1. The van der Waals surface area contributed by atoms with Crippen molar-refractivity contribution < 1.29 is 9.90 Å². The fourth-order valence-corrected chi connectivity index (χ4v) is 1.63. The summed E-state index contributed by atoms with van der Waals surface area (Å²) < 4.78 is 0. The number of hydrogen-bond donors (Lipinski definition) is 1. The minimum absolute atomic E-state index is 0.300. The monoisotopic (exact) mass is 178 g/mol. The standard InChI is InChI=1S/C9H10N2O2/c1-5-10-4-7-2-6(9(12)13)3-8(7)11-5/h4,6H,2-3H2,1H3,(H,12,13). The lowest BCUT2D eigenvalue weighted by Gasteiger charge is -1.98. The summed E-state index contributed by atoms with van der Waals surface area (Å²) in [6.07, 6.45) is 2.86. The first-order valence-corrected chi connectivity index (χ1v) is 4.21. The molecule has 1 aliphatic rings. The number of aliphatic carboxylic acids is 1. The molecule has 0 aliphatic heterocycles. The van der Waals surface area contributed by atoms with Gasteiger partial charge in [0, 0.05) is 18.3 Å². The molecule has 1 aliphatic carbocycles. The Morgan fingerprint density at radius 1 is 1.62 bits per heavy atom. The normalized spacial score (nSPS) is 19.9. The first-order chi connectivity index (χ1) is 6.16. The molecule has 0 radical (unpaired) electrons. The smallest absolute Gasteiger partial charge is 0.307 e. The number of carbonyl (C=O) groups is 1. The minimum Gasteiger partial charge on any atom is -0.481 e. The Morgan fingerprint density at radius 2 is 2.38 bits per heavy atom. The molecule has 1 aromatic heterocycles. The van der Waals surface area contributed by atoms with Gasteiger partial charge in [0.25, 0.3) is 0 Å². The van der Waals surface area contributed by atoms with Crippen molar-refractivity contribution in [1.82, 2.24) is 9.97 Å². The fourth-order valence-electron chi connectivity index (χ4n) is 1.63. The van der Waals surface area contributed by atoms with E-state index >= 15 is 0 Å². The number of hydrogen-bond acceptors (Lipinski definition) is 3. The van der Waals surface area contributed by atoms with E-state index in [1.54, 1.807) is 6.20 Å². The van der Waals surface area contributed by atoms with Crippen LogP contribution in [0.3, 0.4) is 0 Å². The molecule has 13 heavy (non-hydrogen) atoms. The molecule has 0 saturated heterocycles. The van der Waals surface area contributed by atoms with Crippen LogP contribution in [0.5, 0.6) is 0 Å². The highest BCUT2D eigenvalue weighted by Crippen LogP contribution is 2.24. The van der Waals surface area contributed by atoms with E-state index < -0.39 is 5.97 Å². The molecule has 4 heteroatoms. The second-order valence-electron chi connectivity index (χ2n) is 3.33. The van der Waals surface area contributed by atoms with E-state index in [0.29, 0.717) is 18.7 Å². The third kappa shape index (κ3) is 1.39. The summed E-state index contributed by atoms with van der Waals surface area (Å²) in [5.74, 6) is -0.327. The largest absolute Gasteiger partial charge is 0.481 e. The first-order valence-electron chi connectivity index (χ1n) is 4.21. The lowest BCUT2D eigenvalue weighted by Crippen LogP contribution is -2.13. The SMILES string of the molecule is Cc1ncc2c(n1)CC(C(=O)O)C2. The van der Waals surface area contributed by atoms with Gasteiger partial charge in [-0.3, -0.25) is 4.79 Å². The maximum atomic E-state index is 10.7. The Bertz CT molecular complexity index is 363. The van der Waals surface area contributed by atoms with Gasteiger partial charge in [-0.25, -0.2) is 9.97 Å². The van der Waals surface area contributed by atoms with Crippen molar-refractivity contribution in [2.45, 2.75) is 19.8 Å². The molecule has 0 fully saturated rings. The number of rotatable bonds is 1. The molecule has 1 aromatic rings. The summed E-state index contributed by atoms with van der Waals surface area (Å²) in [5.41, 5.74) is 1.89. The van der Waals surface area contributed by atoms with E-state index in [1.165, 1.54) is 0 Å². The minimum atomic E-state index is -0.740. The van der Waals surface area contributed by atoms with Crippen LogP contribution in [0, 0.1) is 12.8 Å². The van der Waals surface area contributed by atoms with Gasteiger partial charge in [0.05, 0.1) is 5.92 Å². The van der Waals surface area contributed by atoms with Crippen LogP contribution in [-0.4, -0.2) is 21.0 Å². The highest BCUT2D eigenvalue weighted by atomic mass is 16.4. The van der Waals surface area contributed by atoms with Gasteiger partial charge in [0.15, 0.2) is 0 Å². The molecule has 0 amide bonds. The predicted molar refractivity (Wildman–Crippen MR) is 45.3 cm³/mol. The molecule has 1 atom stereocenters. The number of carboxylic acid groups (broad SMARTS) is 1. The molecule has 4 nitrogen and oxygen atoms in total. The molecule has 1 unspecified atom stereocenters. The Kier molecular flexibility index (Phi) is 1.76. The third-order valence-corrected chi connectivity index (χ3v) is 2.33. The van der Waals surface area contributed by atoms with Crippen LogP contribution in [0.4, 0.5) is 0 Å². The Labute approximate surface area is 75.6 Å². The fraction of sp³-hybridized carbons (Fsp3) is 0.444. The van der Waals surface area contributed by atoms with Gasteiger partial charge in [-0.05, 0) is 18.9 Å². The van der Waals surface area contributed by atoms with E-state index in [1.807, 2.05) is 6.92 Å². The van der Waals surface area contributed by atoms with Crippen LogP contribution in [0.15, 0.2) is 6.20 Å². The highest BCUT2D eigenvalue weighted by Gasteiger charge is 2.28. The molecule has 0 aromatic carbocycles. The van der Waals surface area contributed by atoms with Crippen molar-refractivity contribution in [1.29, 1.82) is 0 Å². The average Bonchev–Trinajstić information content (AvgIpc) is 2.46. The van der Waals surface area contributed by atoms with Crippen LogP contribution in [0.1, 0.15) is 17.1 Å². The summed E-state index contributed by atoms with van der Waals surface area (Å²) in [6.45, 7) is 1.81. The highest BCUT2D eigenvalue weighted by molar-refractivity contribution is 5.71. The maximum absolute atomic E-state index is 10.7. The van der Waals surface area contributed by atoms with Gasteiger partial charge in [0.2, 0.25) is 0 Å². The van der Waals surface area contributed by atoms with Crippen LogP contribution in [0.2, 0.25) is 0 Å². The van der Waals surface area contributed by atoms with Gasteiger partial charge in [0.1, 0.15) is 5.82 Å². The van der Waals surface area contributed by atoms with Crippen molar-refractivity contribution in [3.8, 4) is 0 Å². The van der Waals surface area contributed by atoms with Gasteiger partial charge >= 0.3 is 5.97 Å². The van der Waals surface area contributed by atoms with Crippen LogP contribution < -0.4 is 0 Å². The third-order valence-electron chi connectivity index (χ3n) is 2.33. The molecular formula is C9H10N2O2. The zero-order valence-corrected chi connectivity index (χ0v) is 7.32. The Morgan fingerprint density at radius 3 is 3.08 bits per heavy atom. The van der Waals surface area contributed by atoms with Crippen LogP contribution in [0.25, 0.3) is 0 Å². The van der Waals surface area contributed by atoms with E-state index in [-0.39, 0.29) is 5.92 Å². The first kappa shape index (κ1) is 8.16. The molecule has 2 rings (SSSR count). The van der Waals surface area contributed by atoms with E-state index in [0.717, 1.165) is 11.3 Å². The lowest BCUT2D eigenvalue weighted by molar-refractivity contribution is -0.141. The van der Waals surface area contributed by atoms with Crippen LogP contribution >= 0.6 is 0 Å². The number of fused-ring (bicyclic) bond motifs is 1. The predicted octanol–water partition coefficient (Wildman–Crippen LogP) is 0.584. The summed E-state index contributed by atoms with van der Waals surface area (Å²) in [7, 11) is 0. The summed E-state index contributed by atoms with van der Waals surface area (Å²) in [5, 5.41) is 8.81. The zero-order chi connectivity index (χ0) is 9.42. The Hall–Kier alpha value is -1.45. The number of aromatic nitrogens is 2. The van der Waals surface area contributed by atoms with E-state index in [9.17, 15) is 4.79 Å². The van der Waals surface area contributed by atoms with Crippen molar-refractivity contribution in [3.05, 3.63) is 23.3 Å². The molecule has 0 saturated carbocycles. The van der Waals surface area contributed by atoms with Gasteiger partial charge in [-0.15, -0.1) is 0 Å². The Balaban J connectivity index is 2.30. The van der Waals surface area contributed by atoms with E-state index in [4.69, 9.17) is 5.11 Å². The van der Waals surface area contributed by atoms with Gasteiger partial charge in [-0.1, -0.05) is 0 Å². The summed E-state index contributed by atoms with van der Waals surface area (Å²) >= 11 is 0. The van der Waals surface area contributed by atoms with Gasteiger partial charge < -0.3 is 5.11 Å². The van der Waals surface area contributed by atoms with E-state index in [2.05, 4.69) is 9.97 Å². The number of carboxylic acids is 1. The average molecular weight is 178 g/mol. The second-order valence-corrected chi connectivity index (χ2v) is 3.33. The van der Waals surface area contributed by atoms with Crippen molar-refractivity contribution in [2.75, 3.05) is 0 Å². The topological polar surface area (TPSA) is 63.1 Å². The van der Waals surface area contributed by atoms with Gasteiger partial charge in [-0.2, -0.15) is 0 Å². The molecular weight excluding hydrogens is 168 g/mol. The summed E-state index contributed by atoms with van der Waals surface area (Å²) in [4.78, 5) is 19.0. The van der Waals surface area contributed by atoms with Crippen molar-refractivity contribution >= 4 is 5.97 Å². The quantitative estimate of drug-likeness (QED) is 0.683. The van der Waals surface area contributed by atoms with Crippen molar-refractivity contribution in [2.24, 2.45) is 5.92 Å². The zero-order valence-electron chi connectivity index (χ0n) is 7.32. The molecule has 1 N–H and O–H groups in total. The summed E-state index contributed by atoms with van der Waals surface area (Å²) in [6, 6.07) is 0.